The topological polar surface area (TPSA) is 46.3 Å². The van der Waals surface area contributed by atoms with Crippen molar-refractivity contribution < 1.29 is 4.79 Å². The second-order valence-electron chi connectivity index (χ2n) is 5.85. The summed E-state index contributed by atoms with van der Waals surface area (Å²) in [6, 6.07) is 0. The van der Waals surface area contributed by atoms with Crippen molar-refractivity contribution in [3.63, 3.8) is 0 Å². The molecule has 1 fully saturated rings. The highest BCUT2D eigenvalue weighted by atomic mass is 16.2. The summed E-state index contributed by atoms with van der Waals surface area (Å²) in [5.74, 6) is 1.16. The van der Waals surface area contributed by atoms with Gasteiger partial charge in [-0.1, -0.05) is 20.8 Å². The molecule has 0 spiro atoms. The standard InChI is InChI=1S/C13H26N2O/c1-5-15(9-13(3,4)8-14)12(16)10(2)11-6-7-11/h10-11H,5-9,14H2,1-4H3. The summed E-state index contributed by atoms with van der Waals surface area (Å²) in [5.41, 5.74) is 5.74. The van der Waals surface area contributed by atoms with Crippen LogP contribution in [0.25, 0.3) is 0 Å². The van der Waals surface area contributed by atoms with E-state index < -0.39 is 0 Å². The first-order valence-electron chi connectivity index (χ1n) is 6.40. The van der Waals surface area contributed by atoms with E-state index >= 15 is 0 Å². The zero-order valence-electron chi connectivity index (χ0n) is 11.1. The van der Waals surface area contributed by atoms with Crippen molar-refractivity contribution in [3.05, 3.63) is 0 Å². The Labute approximate surface area is 99.4 Å². The van der Waals surface area contributed by atoms with E-state index in [0.717, 1.165) is 13.1 Å². The molecule has 0 aromatic heterocycles. The SMILES string of the molecule is CCN(CC(C)(C)CN)C(=O)C(C)C1CC1. The molecule has 16 heavy (non-hydrogen) atoms. The number of hydrogen-bond donors (Lipinski definition) is 1. The molecule has 0 saturated heterocycles. The van der Waals surface area contributed by atoms with Crippen LogP contribution >= 0.6 is 0 Å². The molecule has 1 atom stereocenters. The molecule has 0 aromatic rings. The monoisotopic (exact) mass is 226 g/mol. The second kappa shape index (κ2) is 5.17. The number of carbonyl (C=O) groups is 1. The summed E-state index contributed by atoms with van der Waals surface area (Å²) in [6.07, 6.45) is 2.45. The van der Waals surface area contributed by atoms with Crippen LogP contribution in [0, 0.1) is 17.3 Å². The Morgan fingerprint density at radius 3 is 2.44 bits per heavy atom. The summed E-state index contributed by atoms with van der Waals surface area (Å²) in [6.45, 7) is 10.5. The van der Waals surface area contributed by atoms with Gasteiger partial charge in [0.05, 0.1) is 0 Å². The summed E-state index contributed by atoms with van der Waals surface area (Å²) in [4.78, 5) is 14.2. The fourth-order valence-corrected chi connectivity index (χ4v) is 2.01. The first-order valence-corrected chi connectivity index (χ1v) is 6.40. The lowest BCUT2D eigenvalue weighted by Crippen LogP contribution is -2.44. The van der Waals surface area contributed by atoms with Crippen molar-refractivity contribution in [1.29, 1.82) is 0 Å². The van der Waals surface area contributed by atoms with Gasteiger partial charge in [0.15, 0.2) is 0 Å². The molecule has 0 aliphatic heterocycles. The van der Waals surface area contributed by atoms with Gasteiger partial charge in [0.1, 0.15) is 0 Å². The van der Waals surface area contributed by atoms with Crippen LogP contribution in [0.1, 0.15) is 40.5 Å². The Bertz CT molecular complexity index is 246. The van der Waals surface area contributed by atoms with Crippen molar-refractivity contribution in [2.45, 2.75) is 40.5 Å². The Kier molecular flexibility index (Phi) is 4.36. The predicted molar refractivity (Wildman–Crippen MR) is 67.0 cm³/mol. The van der Waals surface area contributed by atoms with Gasteiger partial charge in [0.25, 0.3) is 0 Å². The Hall–Kier alpha value is -0.570. The molecule has 2 N–H and O–H groups in total. The van der Waals surface area contributed by atoms with E-state index in [1.165, 1.54) is 12.8 Å². The third-order valence-electron chi connectivity index (χ3n) is 3.58. The minimum atomic E-state index is 0.0228. The molecule has 3 nitrogen and oxygen atoms in total. The van der Waals surface area contributed by atoms with Crippen molar-refractivity contribution in [2.75, 3.05) is 19.6 Å². The van der Waals surface area contributed by atoms with E-state index in [0.29, 0.717) is 18.4 Å². The minimum Gasteiger partial charge on any atom is -0.342 e. The molecule has 3 heteroatoms. The Balaban J connectivity index is 2.55. The molecule has 1 aliphatic rings. The lowest BCUT2D eigenvalue weighted by Gasteiger charge is -2.32. The van der Waals surface area contributed by atoms with Gasteiger partial charge in [-0.25, -0.2) is 0 Å². The zero-order chi connectivity index (χ0) is 12.3. The highest BCUT2D eigenvalue weighted by molar-refractivity contribution is 5.79. The van der Waals surface area contributed by atoms with Crippen LogP contribution in [0.5, 0.6) is 0 Å². The first-order chi connectivity index (χ1) is 7.41. The van der Waals surface area contributed by atoms with Crippen LogP contribution in [0.2, 0.25) is 0 Å². The molecule has 94 valence electrons. The first kappa shape index (κ1) is 13.5. The van der Waals surface area contributed by atoms with Gasteiger partial charge in [-0.05, 0) is 37.6 Å². The number of carbonyl (C=O) groups excluding carboxylic acids is 1. The van der Waals surface area contributed by atoms with Crippen LogP contribution in [0.4, 0.5) is 0 Å². The molecule has 0 bridgehead atoms. The van der Waals surface area contributed by atoms with E-state index in [1.807, 2.05) is 11.8 Å². The summed E-state index contributed by atoms with van der Waals surface area (Å²) < 4.78 is 0. The van der Waals surface area contributed by atoms with E-state index in [-0.39, 0.29) is 11.3 Å². The van der Waals surface area contributed by atoms with Crippen LogP contribution in [-0.4, -0.2) is 30.4 Å². The molecule has 1 aliphatic carbocycles. The van der Waals surface area contributed by atoms with Gasteiger partial charge in [-0.2, -0.15) is 0 Å². The van der Waals surface area contributed by atoms with Crippen LogP contribution in [0.3, 0.4) is 0 Å². The Morgan fingerprint density at radius 1 is 1.50 bits per heavy atom. The number of hydrogen-bond acceptors (Lipinski definition) is 2. The van der Waals surface area contributed by atoms with Crippen molar-refractivity contribution in [1.82, 2.24) is 4.90 Å². The average Bonchev–Trinajstić information content (AvgIpc) is 3.07. The van der Waals surface area contributed by atoms with Crippen molar-refractivity contribution in [2.24, 2.45) is 23.0 Å². The van der Waals surface area contributed by atoms with Gasteiger partial charge in [0.2, 0.25) is 5.91 Å². The van der Waals surface area contributed by atoms with E-state index in [4.69, 9.17) is 5.73 Å². The third kappa shape index (κ3) is 3.48. The number of amides is 1. The second-order valence-corrected chi connectivity index (χ2v) is 5.85. The summed E-state index contributed by atoms with van der Waals surface area (Å²) in [5, 5.41) is 0. The largest absolute Gasteiger partial charge is 0.342 e. The molecule has 1 amide bonds. The van der Waals surface area contributed by atoms with Crippen molar-refractivity contribution in [3.8, 4) is 0 Å². The van der Waals surface area contributed by atoms with Gasteiger partial charge in [-0.15, -0.1) is 0 Å². The van der Waals surface area contributed by atoms with E-state index in [9.17, 15) is 4.79 Å². The summed E-state index contributed by atoms with van der Waals surface area (Å²) in [7, 11) is 0. The average molecular weight is 226 g/mol. The van der Waals surface area contributed by atoms with Crippen molar-refractivity contribution >= 4 is 5.91 Å². The number of nitrogens with two attached hydrogens (primary N) is 1. The Morgan fingerprint density at radius 2 is 2.06 bits per heavy atom. The maximum atomic E-state index is 12.2. The highest BCUT2D eigenvalue weighted by Crippen LogP contribution is 2.37. The lowest BCUT2D eigenvalue weighted by atomic mass is 9.92. The molecule has 0 radical (unpaired) electrons. The predicted octanol–water partition coefficient (Wildman–Crippen LogP) is 1.87. The maximum Gasteiger partial charge on any atom is 0.225 e. The van der Waals surface area contributed by atoms with Gasteiger partial charge in [0, 0.05) is 19.0 Å². The number of rotatable bonds is 6. The highest BCUT2D eigenvalue weighted by Gasteiger charge is 2.35. The normalized spacial score (nSPS) is 18.3. The van der Waals surface area contributed by atoms with E-state index in [1.54, 1.807) is 0 Å². The van der Waals surface area contributed by atoms with Gasteiger partial charge in [-0.3, -0.25) is 4.79 Å². The zero-order valence-corrected chi connectivity index (χ0v) is 11.1. The molecular weight excluding hydrogens is 200 g/mol. The van der Waals surface area contributed by atoms with Gasteiger partial charge >= 0.3 is 0 Å². The van der Waals surface area contributed by atoms with Gasteiger partial charge < -0.3 is 10.6 Å². The quantitative estimate of drug-likeness (QED) is 0.751. The number of nitrogens with zero attached hydrogens (tertiary/aromatic N) is 1. The molecule has 1 rings (SSSR count). The lowest BCUT2D eigenvalue weighted by molar-refractivity contribution is -0.136. The molecule has 1 saturated carbocycles. The minimum absolute atomic E-state index is 0.0228. The fraction of sp³-hybridized carbons (Fsp3) is 0.923. The van der Waals surface area contributed by atoms with Crippen LogP contribution < -0.4 is 5.73 Å². The van der Waals surface area contributed by atoms with E-state index in [2.05, 4.69) is 20.8 Å². The summed E-state index contributed by atoms with van der Waals surface area (Å²) >= 11 is 0. The smallest absolute Gasteiger partial charge is 0.225 e. The molecule has 1 unspecified atom stereocenters. The molecule has 0 aromatic carbocycles. The molecule has 0 heterocycles. The molecular formula is C13H26N2O. The third-order valence-corrected chi connectivity index (χ3v) is 3.58. The van der Waals surface area contributed by atoms with Crippen LogP contribution in [0.15, 0.2) is 0 Å². The fourth-order valence-electron chi connectivity index (χ4n) is 2.01. The maximum absolute atomic E-state index is 12.2. The van der Waals surface area contributed by atoms with Crippen LogP contribution in [-0.2, 0) is 4.79 Å².